The molecule has 0 amide bonds. The van der Waals surface area contributed by atoms with E-state index in [1.165, 1.54) is 24.3 Å². The normalized spacial score (nSPS) is 13.2. The van der Waals surface area contributed by atoms with Gasteiger partial charge in [0.05, 0.1) is 11.5 Å². The average Bonchev–Trinajstić information content (AvgIpc) is 2.43. The molecule has 2 aromatic rings. The number of aliphatic hydroxyl groups is 1. The molecule has 0 spiro atoms. The van der Waals surface area contributed by atoms with Crippen LogP contribution in [0, 0.1) is 0 Å². The molecule has 8 nitrogen and oxygen atoms in total. The van der Waals surface area contributed by atoms with Crippen LogP contribution in [0.25, 0.3) is 11.0 Å². The van der Waals surface area contributed by atoms with Crippen molar-refractivity contribution in [1.29, 1.82) is 0 Å². The summed E-state index contributed by atoms with van der Waals surface area (Å²) in [6.45, 7) is -0.878. The van der Waals surface area contributed by atoms with Crippen LogP contribution in [-0.4, -0.2) is 37.2 Å². The molecule has 0 saturated carbocycles. The first kappa shape index (κ1) is 15.2. The van der Waals surface area contributed by atoms with Crippen LogP contribution < -0.4 is 10.3 Å². The van der Waals surface area contributed by atoms with E-state index < -0.39 is 34.3 Å². The van der Waals surface area contributed by atoms with E-state index in [9.17, 15) is 18.0 Å². The molecular formula is C12H11NO7S. The predicted octanol–water partition coefficient (Wildman–Crippen LogP) is -0.483. The summed E-state index contributed by atoms with van der Waals surface area (Å²) in [7, 11) is -4.13. The third kappa shape index (κ3) is 3.27. The summed E-state index contributed by atoms with van der Waals surface area (Å²) in [5.41, 5.74) is -0.360. The Labute approximate surface area is 118 Å². The van der Waals surface area contributed by atoms with Crippen molar-refractivity contribution < 1.29 is 27.8 Å². The second kappa shape index (κ2) is 5.64. The molecule has 1 heterocycles. The van der Waals surface area contributed by atoms with E-state index in [0.717, 1.165) is 6.07 Å². The molecule has 0 aliphatic rings. The minimum atomic E-state index is -4.13. The molecule has 0 radical (unpaired) electrons. The summed E-state index contributed by atoms with van der Waals surface area (Å²) in [6, 6.07) is 4.58. The Hall–Kier alpha value is -2.23. The summed E-state index contributed by atoms with van der Waals surface area (Å²) in [5.74, 6) is -1.49. The fraction of sp³-hybridized carbons (Fsp3) is 0.167. The number of fused-ring (bicyclic) bond motifs is 1. The second-order valence-corrected chi connectivity index (χ2v) is 5.86. The molecule has 0 aliphatic carbocycles. The Morgan fingerprint density at radius 2 is 2.00 bits per heavy atom. The zero-order chi connectivity index (χ0) is 15.6. The van der Waals surface area contributed by atoms with Crippen LogP contribution in [0.1, 0.15) is 0 Å². The number of carboxylic acid groups (broad SMARTS) is 1. The van der Waals surface area contributed by atoms with Crippen molar-refractivity contribution in [2.24, 2.45) is 0 Å². The maximum absolute atomic E-state index is 12.0. The Balaban J connectivity index is 2.42. The number of sulfonamides is 1. The van der Waals surface area contributed by atoms with Gasteiger partial charge in [-0.2, -0.15) is 4.72 Å². The van der Waals surface area contributed by atoms with E-state index in [0.29, 0.717) is 5.39 Å². The molecule has 0 saturated heterocycles. The van der Waals surface area contributed by atoms with Crippen LogP contribution in [0.3, 0.4) is 0 Å². The van der Waals surface area contributed by atoms with Crippen molar-refractivity contribution in [3.05, 3.63) is 40.8 Å². The highest BCUT2D eigenvalue weighted by molar-refractivity contribution is 7.89. The van der Waals surface area contributed by atoms with Crippen molar-refractivity contribution in [3.63, 3.8) is 0 Å². The van der Waals surface area contributed by atoms with Crippen molar-refractivity contribution in [2.45, 2.75) is 10.9 Å². The lowest BCUT2D eigenvalue weighted by Crippen LogP contribution is -2.43. The molecule has 0 aliphatic heterocycles. The fourth-order valence-corrected chi connectivity index (χ4v) is 2.85. The largest absolute Gasteiger partial charge is 0.480 e. The number of hydrogen-bond acceptors (Lipinski definition) is 6. The van der Waals surface area contributed by atoms with E-state index in [1.807, 2.05) is 4.72 Å². The first-order valence-corrected chi connectivity index (χ1v) is 7.22. The fourth-order valence-electron chi connectivity index (χ4n) is 1.64. The van der Waals surface area contributed by atoms with Crippen LogP contribution in [0.2, 0.25) is 0 Å². The van der Waals surface area contributed by atoms with Crippen LogP contribution in [0.4, 0.5) is 0 Å². The van der Waals surface area contributed by atoms with E-state index in [2.05, 4.69) is 0 Å². The number of hydrogen-bond donors (Lipinski definition) is 3. The molecule has 1 atom stereocenters. The van der Waals surface area contributed by atoms with Gasteiger partial charge in [0.25, 0.3) is 0 Å². The molecule has 21 heavy (non-hydrogen) atoms. The van der Waals surface area contributed by atoms with Gasteiger partial charge in [-0.1, -0.05) is 0 Å². The molecule has 1 unspecified atom stereocenters. The third-order valence-corrected chi connectivity index (χ3v) is 4.15. The van der Waals surface area contributed by atoms with Crippen LogP contribution in [-0.2, 0) is 14.8 Å². The topological polar surface area (TPSA) is 134 Å². The number of aliphatic carboxylic acids is 1. The quantitative estimate of drug-likeness (QED) is 0.634. The van der Waals surface area contributed by atoms with Crippen LogP contribution >= 0.6 is 0 Å². The standard InChI is InChI=1S/C12H11NO7S/c14-6-9(12(16)17)13-21(18,19)8-2-3-10-7(5-8)1-4-11(15)20-10/h1-5,9,13-14H,6H2,(H,16,17). The number of aliphatic hydroxyl groups excluding tert-OH is 1. The molecule has 2 rings (SSSR count). The SMILES string of the molecule is O=C(O)C(CO)NS(=O)(=O)c1ccc2oc(=O)ccc2c1. The summed E-state index contributed by atoms with van der Waals surface area (Å²) < 4.78 is 30.8. The summed E-state index contributed by atoms with van der Waals surface area (Å²) in [6.07, 6.45) is 0. The summed E-state index contributed by atoms with van der Waals surface area (Å²) in [5, 5.41) is 18.0. The highest BCUT2D eigenvalue weighted by atomic mass is 32.2. The average molecular weight is 313 g/mol. The molecule has 3 N–H and O–H groups in total. The van der Waals surface area contributed by atoms with Crippen molar-refractivity contribution >= 4 is 27.0 Å². The number of nitrogens with one attached hydrogen (secondary N) is 1. The maximum atomic E-state index is 12.0. The number of benzene rings is 1. The van der Waals surface area contributed by atoms with E-state index in [4.69, 9.17) is 14.6 Å². The van der Waals surface area contributed by atoms with E-state index >= 15 is 0 Å². The van der Waals surface area contributed by atoms with Crippen molar-refractivity contribution in [1.82, 2.24) is 4.72 Å². The van der Waals surface area contributed by atoms with Gasteiger partial charge in [-0.25, -0.2) is 13.2 Å². The van der Waals surface area contributed by atoms with Crippen molar-refractivity contribution in [3.8, 4) is 0 Å². The molecule has 0 fully saturated rings. The Bertz CT molecular complexity index is 840. The molecule has 112 valence electrons. The molecule has 1 aromatic heterocycles. The molecule has 1 aromatic carbocycles. The van der Waals surface area contributed by atoms with E-state index in [-0.39, 0.29) is 10.5 Å². The van der Waals surface area contributed by atoms with Gasteiger partial charge in [0.2, 0.25) is 10.0 Å². The van der Waals surface area contributed by atoms with Gasteiger partial charge in [-0.15, -0.1) is 0 Å². The smallest absolute Gasteiger partial charge is 0.336 e. The highest BCUT2D eigenvalue weighted by Gasteiger charge is 2.24. The van der Waals surface area contributed by atoms with Crippen LogP contribution in [0.15, 0.2) is 44.4 Å². The van der Waals surface area contributed by atoms with Gasteiger partial charge in [-0.3, -0.25) is 4.79 Å². The molecular weight excluding hydrogens is 302 g/mol. The van der Waals surface area contributed by atoms with Crippen molar-refractivity contribution in [2.75, 3.05) is 6.61 Å². The lowest BCUT2D eigenvalue weighted by Gasteiger charge is -2.12. The summed E-state index contributed by atoms with van der Waals surface area (Å²) in [4.78, 5) is 21.6. The zero-order valence-corrected chi connectivity index (χ0v) is 11.3. The Morgan fingerprint density at radius 3 is 2.62 bits per heavy atom. The molecule has 9 heteroatoms. The van der Waals surface area contributed by atoms with Gasteiger partial charge in [0.1, 0.15) is 11.6 Å². The van der Waals surface area contributed by atoms with Gasteiger partial charge in [0, 0.05) is 11.5 Å². The maximum Gasteiger partial charge on any atom is 0.336 e. The number of carboxylic acids is 1. The van der Waals surface area contributed by atoms with Gasteiger partial charge < -0.3 is 14.6 Å². The lowest BCUT2D eigenvalue weighted by molar-refractivity contribution is -0.139. The van der Waals surface area contributed by atoms with Gasteiger partial charge in [0.15, 0.2) is 0 Å². The van der Waals surface area contributed by atoms with E-state index in [1.54, 1.807) is 0 Å². The highest BCUT2D eigenvalue weighted by Crippen LogP contribution is 2.17. The number of carbonyl (C=O) groups is 1. The predicted molar refractivity (Wildman–Crippen MR) is 71.3 cm³/mol. The van der Waals surface area contributed by atoms with Gasteiger partial charge >= 0.3 is 11.6 Å². The Kier molecular flexibility index (Phi) is 4.07. The monoisotopic (exact) mass is 313 g/mol. The van der Waals surface area contributed by atoms with Crippen LogP contribution in [0.5, 0.6) is 0 Å². The first-order valence-electron chi connectivity index (χ1n) is 5.73. The minimum Gasteiger partial charge on any atom is -0.480 e. The number of rotatable bonds is 5. The third-order valence-electron chi connectivity index (χ3n) is 2.68. The zero-order valence-electron chi connectivity index (χ0n) is 10.5. The Morgan fingerprint density at radius 1 is 1.29 bits per heavy atom. The molecule has 0 bridgehead atoms. The lowest BCUT2D eigenvalue weighted by atomic mass is 10.2. The summed E-state index contributed by atoms with van der Waals surface area (Å²) >= 11 is 0. The minimum absolute atomic E-state index is 0.205. The first-order chi connectivity index (χ1) is 9.83. The van der Waals surface area contributed by atoms with Gasteiger partial charge in [-0.05, 0) is 24.3 Å². The second-order valence-electron chi connectivity index (χ2n) is 4.15.